The van der Waals surface area contributed by atoms with Crippen molar-refractivity contribution in [2.75, 3.05) is 20.2 Å². The van der Waals surface area contributed by atoms with Crippen LogP contribution in [-0.4, -0.2) is 45.4 Å². The highest BCUT2D eigenvalue weighted by atomic mass is 32.2. The molecule has 1 aromatic heterocycles. The van der Waals surface area contributed by atoms with E-state index in [1.54, 1.807) is 23.1 Å². The number of nitrogens with one attached hydrogen (secondary N) is 1. The van der Waals surface area contributed by atoms with Crippen LogP contribution in [0.2, 0.25) is 0 Å². The molecule has 1 amide bonds. The van der Waals surface area contributed by atoms with Gasteiger partial charge in [0, 0.05) is 23.4 Å². The number of fused-ring (bicyclic) bond motifs is 1. The second-order valence-corrected chi connectivity index (χ2v) is 11.7. The predicted octanol–water partition coefficient (Wildman–Crippen LogP) is 3.13. The molecule has 0 radical (unpaired) electrons. The lowest BCUT2D eigenvalue weighted by Crippen LogP contribution is -2.42. The van der Waals surface area contributed by atoms with Crippen LogP contribution < -0.4 is 4.72 Å². The summed E-state index contributed by atoms with van der Waals surface area (Å²) in [4.78, 5) is 27.5. The summed E-state index contributed by atoms with van der Waals surface area (Å²) in [6.07, 6.45) is 0.529. The second-order valence-electron chi connectivity index (χ2n) is 8.62. The first kappa shape index (κ1) is 24.3. The van der Waals surface area contributed by atoms with Gasteiger partial charge in [0.2, 0.25) is 5.91 Å². The molecule has 0 spiro atoms. The fourth-order valence-electron chi connectivity index (χ4n) is 3.61. The number of amides is 1. The largest absolute Gasteiger partial charge is 0.465 e. The van der Waals surface area contributed by atoms with Crippen molar-refractivity contribution in [3.8, 4) is 0 Å². The molecule has 0 saturated carbocycles. The number of hydrogen-bond acceptors (Lipinski definition) is 6. The van der Waals surface area contributed by atoms with Gasteiger partial charge in [-0.25, -0.2) is 22.3 Å². The van der Waals surface area contributed by atoms with E-state index in [0.29, 0.717) is 29.0 Å². The van der Waals surface area contributed by atoms with Gasteiger partial charge in [0.1, 0.15) is 10.0 Å². The third kappa shape index (κ3) is 5.02. The number of hydrogen-bond donors (Lipinski definition) is 1. The summed E-state index contributed by atoms with van der Waals surface area (Å²) in [7, 11) is -2.85. The Bertz CT molecular complexity index is 1140. The Kier molecular flexibility index (Phi) is 7.06. The van der Waals surface area contributed by atoms with E-state index >= 15 is 0 Å². The van der Waals surface area contributed by atoms with Crippen molar-refractivity contribution in [1.29, 1.82) is 0 Å². The van der Waals surface area contributed by atoms with Crippen molar-refractivity contribution in [3.63, 3.8) is 0 Å². The van der Waals surface area contributed by atoms with Crippen LogP contribution in [0.1, 0.15) is 47.1 Å². The SMILES string of the molecule is COC(=O)c1c(S(=O)(=O)NCCc2ccccc2F)sc2c1CCN(C(=O)C(C)(C)C)C2. The van der Waals surface area contributed by atoms with E-state index in [-0.39, 0.29) is 35.2 Å². The second kappa shape index (κ2) is 9.29. The molecule has 2 aromatic rings. The van der Waals surface area contributed by atoms with Gasteiger partial charge in [-0.05, 0) is 30.0 Å². The van der Waals surface area contributed by atoms with Crippen LogP contribution in [-0.2, 0) is 38.9 Å². The van der Waals surface area contributed by atoms with Gasteiger partial charge in [-0.2, -0.15) is 0 Å². The molecule has 0 atom stereocenters. The minimum atomic E-state index is -4.05. The minimum Gasteiger partial charge on any atom is -0.465 e. The first-order chi connectivity index (χ1) is 15.0. The number of nitrogens with zero attached hydrogens (tertiary/aromatic N) is 1. The molecule has 10 heteroatoms. The molecule has 0 saturated heterocycles. The van der Waals surface area contributed by atoms with Gasteiger partial charge in [-0.3, -0.25) is 4.79 Å². The van der Waals surface area contributed by atoms with Crippen LogP contribution in [0, 0.1) is 11.2 Å². The van der Waals surface area contributed by atoms with Crippen molar-refractivity contribution in [2.24, 2.45) is 5.41 Å². The zero-order valence-corrected chi connectivity index (χ0v) is 20.2. The zero-order chi connectivity index (χ0) is 23.7. The lowest BCUT2D eigenvalue weighted by Gasteiger charge is -2.32. The molecule has 0 bridgehead atoms. The van der Waals surface area contributed by atoms with E-state index in [9.17, 15) is 22.4 Å². The fraction of sp³-hybridized carbons (Fsp3) is 0.455. The summed E-state index contributed by atoms with van der Waals surface area (Å²) < 4.78 is 47.1. The molecule has 1 N–H and O–H groups in total. The van der Waals surface area contributed by atoms with Crippen molar-refractivity contribution < 1.29 is 27.1 Å². The first-order valence-electron chi connectivity index (χ1n) is 10.2. The van der Waals surface area contributed by atoms with Crippen LogP contribution in [0.4, 0.5) is 4.39 Å². The van der Waals surface area contributed by atoms with Crippen LogP contribution in [0.3, 0.4) is 0 Å². The standard InChI is InChI=1S/C22H27FN2O5S2/c1-22(2,3)21(27)25-12-10-15-17(13-25)31-20(18(15)19(26)30-4)32(28,29)24-11-9-14-7-5-6-8-16(14)23/h5-8,24H,9-13H2,1-4H3. The van der Waals surface area contributed by atoms with E-state index in [2.05, 4.69) is 4.72 Å². The predicted molar refractivity (Wildman–Crippen MR) is 120 cm³/mol. The molecule has 1 aliphatic heterocycles. The lowest BCUT2D eigenvalue weighted by molar-refractivity contribution is -0.140. The van der Waals surface area contributed by atoms with Crippen LogP contribution in [0.25, 0.3) is 0 Å². The van der Waals surface area contributed by atoms with Gasteiger partial charge in [0.15, 0.2) is 0 Å². The molecule has 2 heterocycles. The maximum Gasteiger partial charge on any atom is 0.340 e. The van der Waals surface area contributed by atoms with Crippen molar-refractivity contribution in [2.45, 2.75) is 44.4 Å². The molecule has 7 nitrogen and oxygen atoms in total. The maximum absolute atomic E-state index is 13.8. The van der Waals surface area contributed by atoms with Crippen LogP contribution in [0.5, 0.6) is 0 Å². The Labute approximate surface area is 191 Å². The van der Waals surface area contributed by atoms with Crippen molar-refractivity contribution >= 4 is 33.2 Å². The number of carbonyl (C=O) groups is 2. The third-order valence-electron chi connectivity index (χ3n) is 5.23. The number of carbonyl (C=O) groups excluding carboxylic acids is 2. The topological polar surface area (TPSA) is 92.8 Å². The maximum atomic E-state index is 13.8. The molecule has 1 aromatic carbocycles. The zero-order valence-electron chi connectivity index (χ0n) is 18.5. The summed E-state index contributed by atoms with van der Waals surface area (Å²) >= 11 is 0.975. The summed E-state index contributed by atoms with van der Waals surface area (Å²) in [5.74, 6) is -1.17. The lowest BCUT2D eigenvalue weighted by atomic mass is 9.93. The number of ether oxygens (including phenoxy) is 1. The molecule has 32 heavy (non-hydrogen) atoms. The summed E-state index contributed by atoms with van der Waals surface area (Å²) in [6.45, 7) is 6.09. The average Bonchev–Trinajstić information content (AvgIpc) is 3.13. The number of benzene rings is 1. The highest BCUT2D eigenvalue weighted by Gasteiger charge is 2.36. The van der Waals surface area contributed by atoms with Crippen molar-refractivity contribution in [1.82, 2.24) is 9.62 Å². The van der Waals surface area contributed by atoms with E-state index in [1.807, 2.05) is 20.8 Å². The Morgan fingerprint density at radius 1 is 1.25 bits per heavy atom. The number of esters is 1. The summed E-state index contributed by atoms with van der Waals surface area (Å²) in [5, 5.41) is 0. The molecule has 0 unspecified atom stereocenters. The van der Waals surface area contributed by atoms with Crippen LogP contribution in [0.15, 0.2) is 28.5 Å². The van der Waals surface area contributed by atoms with Gasteiger partial charge >= 0.3 is 5.97 Å². The summed E-state index contributed by atoms with van der Waals surface area (Å²) in [6, 6.07) is 6.15. The number of methoxy groups -OCH3 is 1. The number of rotatable bonds is 6. The number of thiophene rings is 1. The molecular weight excluding hydrogens is 455 g/mol. The Morgan fingerprint density at radius 3 is 2.56 bits per heavy atom. The molecule has 3 rings (SSSR count). The molecule has 1 aliphatic rings. The fourth-order valence-corrected chi connectivity index (χ4v) is 6.59. The Balaban J connectivity index is 1.87. The molecule has 0 fully saturated rings. The van der Waals surface area contributed by atoms with Gasteiger partial charge in [-0.15, -0.1) is 11.3 Å². The minimum absolute atomic E-state index is 0.0220. The van der Waals surface area contributed by atoms with Gasteiger partial charge < -0.3 is 9.64 Å². The monoisotopic (exact) mass is 482 g/mol. The Morgan fingerprint density at radius 2 is 1.94 bits per heavy atom. The number of halogens is 1. The van der Waals surface area contributed by atoms with Gasteiger partial charge in [0.25, 0.3) is 10.0 Å². The third-order valence-corrected chi connectivity index (χ3v) is 8.43. The van der Waals surface area contributed by atoms with E-state index in [4.69, 9.17) is 4.74 Å². The Hall–Kier alpha value is -2.30. The normalized spacial score (nSPS) is 14.2. The van der Waals surface area contributed by atoms with Crippen LogP contribution >= 0.6 is 11.3 Å². The van der Waals surface area contributed by atoms with Crippen molar-refractivity contribution in [3.05, 3.63) is 51.7 Å². The van der Waals surface area contributed by atoms with Gasteiger partial charge in [-0.1, -0.05) is 39.0 Å². The van der Waals surface area contributed by atoms with E-state index in [0.717, 1.165) is 11.3 Å². The number of sulfonamides is 1. The average molecular weight is 483 g/mol. The van der Waals surface area contributed by atoms with Gasteiger partial charge in [0.05, 0.1) is 19.2 Å². The highest BCUT2D eigenvalue weighted by molar-refractivity contribution is 7.91. The van der Waals surface area contributed by atoms with E-state index in [1.165, 1.54) is 13.2 Å². The van der Waals surface area contributed by atoms with E-state index < -0.39 is 27.2 Å². The molecule has 174 valence electrons. The molecule has 0 aliphatic carbocycles. The highest BCUT2D eigenvalue weighted by Crippen LogP contribution is 2.37. The quantitative estimate of drug-likeness (QED) is 0.639. The smallest absolute Gasteiger partial charge is 0.340 e. The summed E-state index contributed by atoms with van der Waals surface area (Å²) in [5.41, 5.74) is 0.455. The first-order valence-corrected chi connectivity index (χ1v) is 12.5. The molecular formula is C22H27FN2O5S2.